The molecule has 4 aromatic rings. The molecule has 1 unspecified atom stereocenters. The Morgan fingerprint density at radius 3 is 2.20 bits per heavy atom. The molecule has 0 fully saturated rings. The van der Waals surface area contributed by atoms with Crippen molar-refractivity contribution in [2.75, 3.05) is 0 Å². The summed E-state index contributed by atoms with van der Waals surface area (Å²) in [5.74, 6) is -0.235. The minimum atomic E-state index is -0.235. The van der Waals surface area contributed by atoms with E-state index in [4.69, 9.17) is 4.98 Å². The number of hydrogen-bond acceptors (Lipinski definition) is 2. The summed E-state index contributed by atoms with van der Waals surface area (Å²) in [6.07, 6.45) is 1.97. The van der Waals surface area contributed by atoms with Gasteiger partial charge in [0.15, 0.2) is 0 Å². The van der Waals surface area contributed by atoms with Crippen molar-refractivity contribution in [3.8, 4) is 28.5 Å². The van der Waals surface area contributed by atoms with Gasteiger partial charge >= 0.3 is 0 Å². The third-order valence-electron chi connectivity index (χ3n) is 4.44. The fourth-order valence-corrected chi connectivity index (χ4v) is 3.15. The highest BCUT2D eigenvalue weighted by Crippen LogP contribution is 2.31. The average molecular weight is 323 g/mol. The first-order chi connectivity index (χ1) is 12.3. The van der Waals surface area contributed by atoms with Crippen LogP contribution in [-0.4, -0.2) is 9.38 Å². The topological polar surface area (TPSA) is 41.1 Å². The molecule has 0 amide bonds. The van der Waals surface area contributed by atoms with E-state index in [1.807, 2.05) is 53.9 Å². The van der Waals surface area contributed by atoms with Gasteiger partial charge in [-0.3, -0.25) is 0 Å². The van der Waals surface area contributed by atoms with Crippen LogP contribution in [0.5, 0.6) is 0 Å². The van der Waals surface area contributed by atoms with Gasteiger partial charge in [0.1, 0.15) is 5.65 Å². The Labute approximate surface area is 146 Å². The van der Waals surface area contributed by atoms with Gasteiger partial charge in [-0.2, -0.15) is 5.26 Å². The smallest absolute Gasteiger partial charge is 0.137 e. The summed E-state index contributed by atoms with van der Waals surface area (Å²) in [4.78, 5) is 4.77. The van der Waals surface area contributed by atoms with E-state index in [1.165, 1.54) is 11.1 Å². The molecule has 0 spiro atoms. The van der Waals surface area contributed by atoms with Gasteiger partial charge in [0, 0.05) is 11.8 Å². The predicted molar refractivity (Wildman–Crippen MR) is 100 cm³/mol. The second kappa shape index (κ2) is 6.26. The molecule has 4 rings (SSSR count). The number of hydrogen-bond donors (Lipinski definition) is 0. The van der Waals surface area contributed by atoms with Gasteiger partial charge in [-0.25, -0.2) is 4.98 Å². The minimum Gasteiger partial charge on any atom is -0.302 e. The van der Waals surface area contributed by atoms with E-state index in [0.717, 1.165) is 22.6 Å². The molecular weight excluding hydrogens is 306 g/mol. The molecule has 3 heteroatoms. The summed E-state index contributed by atoms with van der Waals surface area (Å²) in [6.45, 7) is 1.91. The van der Waals surface area contributed by atoms with E-state index < -0.39 is 0 Å². The van der Waals surface area contributed by atoms with Crippen molar-refractivity contribution in [2.24, 2.45) is 0 Å². The largest absolute Gasteiger partial charge is 0.302 e. The van der Waals surface area contributed by atoms with Gasteiger partial charge in [0.2, 0.25) is 0 Å². The van der Waals surface area contributed by atoms with Crippen LogP contribution in [0.15, 0.2) is 79.0 Å². The van der Waals surface area contributed by atoms with E-state index in [0.29, 0.717) is 0 Å². The molecule has 0 radical (unpaired) electrons. The highest BCUT2D eigenvalue weighted by molar-refractivity contribution is 5.72. The van der Waals surface area contributed by atoms with Crippen molar-refractivity contribution in [3.05, 3.63) is 84.7 Å². The molecular formula is C22H17N3. The van der Waals surface area contributed by atoms with Crippen molar-refractivity contribution >= 4 is 5.65 Å². The number of aromatic nitrogens is 2. The second-order valence-electron chi connectivity index (χ2n) is 6.07. The standard InChI is InChI=1S/C22H17N3/c1-16(15-23)22-21(24-20-9-5-6-14-25(20)22)19-12-10-18(11-13-19)17-7-3-2-4-8-17/h2-14,16H,1H3. The van der Waals surface area contributed by atoms with E-state index in [2.05, 4.69) is 42.5 Å². The fraction of sp³-hybridized carbons (Fsp3) is 0.0909. The molecule has 2 aromatic carbocycles. The lowest BCUT2D eigenvalue weighted by molar-refractivity contribution is 0.900. The summed E-state index contributed by atoms with van der Waals surface area (Å²) in [5.41, 5.74) is 6.06. The zero-order chi connectivity index (χ0) is 17.2. The molecule has 0 N–H and O–H groups in total. The maximum atomic E-state index is 9.44. The monoisotopic (exact) mass is 323 g/mol. The molecule has 120 valence electrons. The van der Waals surface area contributed by atoms with Crippen LogP contribution in [-0.2, 0) is 0 Å². The Morgan fingerprint density at radius 1 is 0.840 bits per heavy atom. The third kappa shape index (κ3) is 2.68. The van der Waals surface area contributed by atoms with Crippen LogP contribution in [0.2, 0.25) is 0 Å². The number of pyridine rings is 1. The Balaban J connectivity index is 1.83. The minimum absolute atomic E-state index is 0.235. The van der Waals surface area contributed by atoms with Crippen LogP contribution in [0.3, 0.4) is 0 Å². The molecule has 0 saturated carbocycles. The molecule has 25 heavy (non-hydrogen) atoms. The summed E-state index contributed by atoms with van der Waals surface area (Å²) >= 11 is 0. The highest BCUT2D eigenvalue weighted by Gasteiger charge is 2.19. The lowest BCUT2D eigenvalue weighted by atomic mass is 9.99. The molecule has 0 saturated heterocycles. The number of fused-ring (bicyclic) bond motifs is 1. The highest BCUT2D eigenvalue weighted by atomic mass is 15.0. The van der Waals surface area contributed by atoms with Gasteiger partial charge in [-0.1, -0.05) is 60.7 Å². The first-order valence-corrected chi connectivity index (χ1v) is 8.30. The van der Waals surface area contributed by atoms with E-state index in [9.17, 15) is 5.26 Å². The number of nitrogens with zero attached hydrogens (tertiary/aromatic N) is 3. The molecule has 3 nitrogen and oxygen atoms in total. The second-order valence-corrected chi connectivity index (χ2v) is 6.07. The Morgan fingerprint density at radius 2 is 1.48 bits per heavy atom. The van der Waals surface area contributed by atoms with Crippen LogP contribution in [0.4, 0.5) is 0 Å². The van der Waals surface area contributed by atoms with E-state index in [-0.39, 0.29) is 5.92 Å². The average Bonchev–Trinajstić information content (AvgIpc) is 3.08. The van der Waals surface area contributed by atoms with Crippen LogP contribution in [0.25, 0.3) is 28.0 Å². The lowest BCUT2D eigenvalue weighted by Gasteiger charge is -2.08. The zero-order valence-corrected chi connectivity index (χ0v) is 13.9. The summed E-state index contributed by atoms with van der Waals surface area (Å²) in [7, 11) is 0. The summed E-state index contributed by atoms with van der Waals surface area (Å²) < 4.78 is 2.01. The normalized spacial score (nSPS) is 12.0. The zero-order valence-electron chi connectivity index (χ0n) is 13.9. The third-order valence-corrected chi connectivity index (χ3v) is 4.44. The fourth-order valence-electron chi connectivity index (χ4n) is 3.15. The molecule has 0 aliphatic heterocycles. The molecule has 0 bridgehead atoms. The first kappa shape index (κ1) is 15.2. The van der Waals surface area contributed by atoms with Crippen molar-refractivity contribution in [3.63, 3.8) is 0 Å². The molecule has 1 atom stereocenters. The summed E-state index contributed by atoms with van der Waals surface area (Å²) in [5, 5.41) is 9.44. The van der Waals surface area contributed by atoms with Crippen molar-refractivity contribution in [1.82, 2.24) is 9.38 Å². The maximum Gasteiger partial charge on any atom is 0.137 e. The Kier molecular flexibility index (Phi) is 3.80. The van der Waals surface area contributed by atoms with Gasteiger partial charge in [0.05, 0.1) is 23.4 Å². The molecule has 2 heterocycles. The van der Waals surface area contributed by atoms with Crippen LogP contribution in [0.1, 0.15) is 18.5 Å². The van der Waals surface area contributed by atoms with Gasteiger partial charge in [-0.05, 0) is 30.2 Å². The molecule has 0 aliphatic carbocycles. The number of rotatable bonds is 3. The number of nitriles is 1. The summed E-state index contributed by atoms with van der Waals surface area (Å²) in [6, 6.07) is 26.9. The Bertz CT molecular complexity index is 1050. The predicted octanol–water partition coefficient (Wildman–Crippen LogP) is 5.30. The van der Waals surface area contributed by atoms with E-state index in [1.54, 1.807) is 0 Å². The molecule has 0 aliphatic rings. The lowest BCUT2D eigenvalue weighted by Crippen LogP contribution is -1.98. The van der Waals surface area contributed by atoms with Crippen LogP contribution >= 0.6 is 0 Å². The van der Waals surface area contributed by atoms with E-state index >= 15 is 0 Å². The van der Waals surface area contributed by atoms with Gasteiger partial charge < -0.3 is 4.40 Å². The van der Waals surface area contributed by atoms with Crippen LogP contribution < -0.4 is 0 Å². The van der Waals surface area contributed by atoms with Crippen molar-refractivity contribution < 1.29 is 0 Å². The SMILES string of the molecule is CC(C#N)c1c(-c2ccc(-c3ccccc3)cc2)nc2ccccn12. The number of benzene rings is 2. The van der Waals surface area contributed by atoms with Gasteiger partial charge in [-0.15, -0.1) is 0 Å². The molecule has 2 aromatic heterocycles. The van der Waals surface area contributed by atoms with Crippen molar-refractivity contribution in [1.29, 1.82) is 5.26 Å². The van der Waals surface area contributed by atoms with Gasteiger partial charge in [0.25, 0.3) is 0 Å². The van der Waals surface area contributed by atoms with Crippen LogP contribution in [0, 0.1) is 11.3 Å². The Hall–Kier alpha value is -3.38. The first-order valence-electron chi connectivity index (χ1n) is 8.30. The maximum absolute atomic E-state index is 9.44. The quantitative estimate of drug-likeness (QED) is 0.513. The van der Waals surface area contributed by atoms with Crippen molar-refractivity contribution in [2.45, 2.75) is 12.8 Å². The number of imidazole rings is 1.